The first-order chi connectivity index (χ1) is 11.4. The summed E-state index contributed by atoms with van der Waals surface area (Å²) in [6.45, 7) is 0.0623. The van der Waals surface area contributed by atoms with Gasteiger partial charge in [-0.25, -0.2) is 22.6 Å². The maximum absolute atomic E-state index is 12.8. The largest absolute Gasteiger partial charge is 0.268 e. The van der Waals surface area contributed by atoms with Crippen LogP contribution in [-0.2, 0) is 16.6 Å². The Morgan fingerprint density at radius 1 is 1.17 bits per heavy atom. The fraction of sp³-hybridized carbons (Fsp3) is 0.0667. The van der Waals surface area contributed by atoms with Gasteiger partial charge in [-0.2, -0.15) is 5.10 Å². The van der Waals surface area contributed by atoms with Crippen molar-refractivity contribution in [2.75, 3.05) is 0 Å². The average Bonchev–Trinajstić information content (AvgIpc) is 3.06. The van der Waals surface area contributed by atoms with Crippen molar-refractivity contribution in [3.8, 4) is 11.3 Å². The van der Waals surface area contributed by atoms with E-state index in [-0.39, 0.29) is 22.1 Å². The number of H-pyrrole nitrogens is 1. The second kappa shape index (κ2) is 6.63. The van der Waals surface area contributed by atoms with Gasteiger partial charge in [0.15, 0.2) is 0 Å². The fourth-order valence-corrected chi connectivity index (χ4v) is 4.18. The van der Waals surface area contributed by atoms with E-state index in [1.54, 1.807) is 5.38 Å². The van der Waals surface area contributed by atoms with Crippen LogP contribution in [0, 0.1) is 5.82 Å². The molecule has 0 saturated heterocycles. The first-order valence-corrected chi connectivity index (χ1v) is 9.19. The molecular weight excluding hydrogens is 353 g/mol. The summed E-state index contributed by atoms with van der Waals surface area (Å²) in [7, 11) is -3.69. The molecule has 0 saturated carbocycles. The standard InChI is InChI=1S/C15H12FN3O3S2/c16-12-3-1-10(2-4-12)8-17-24(21,22)15-7-11(9-23-15)13-5-6-14(20)19-18-13/h1-7,9,17H,8H2,(H,19,20). The molecule has 2 N–H and O–H groups in total. The van der Waals surface area contributed by atoms with Crippen molar-refractivity contribution in [3.63, 3.8) is 0 Å². The third-order valence-corrected chi connectivity index (χ3v) is 6.04. The lowest BCUT2D eigenvalue weighted by Gasteiger charge is -2.04. The quantitative estimate of drug-likeness (QED) is 0.724. The number of nitrogens with one attached hydrogen (secondary N) is 2. The first-order valence-electron chi connectivity index (χ1n) is 6.83. The average molecular weight is 365 g/mol. The highest BCUT2D eigenvalue weighted by Crippen LogP contribution is 2.26. The second-order valence-electron chi connectivity index (χ2n) is 4.91. The number of aromatic nitrogens is 2. The highest BCUT2D eigenvalue weighted by molar-refractivity contribution is 7.91. The van der Waals surface area contributed by atoms with Crippen molar-refractivity contribution in [2.45, 2.75) is 10.8 Å². The van der Waals surface area contributed by atoms with E-state index in [0.717, 1.165) is 11.3 Å². The zero-order valence-electron chi connectivity index (χ0n) is 12.2. The third kappa shape index (κ3) is 3.75. The number of nitrogens with zero attached hydrogens (tertiary/aromatic N) is 1. The van der Waals surface area contributed by atoms with E-state index in [4.69, 9.17) is 0 Å². The van der Waals surface area contributed by atoms with Gasteiger partial charge >= 0.3 is 0 Å². The van der Waals surface area contributed by atoms with E-state index in [1.165, 1.54) is 42.5 Å². The van der Waals surface area contributed by atoms with Crippen LogP contribution < -0.4 is 10.3 Å². The van der Waals surface area contributed by atoms with E-state index in [0.29, 0.717) is 16.8 Å². The Balaban J connectivity index is 1.76. The molecule has 0 fully saturated rings. The number of sulfonamides is 1. The molecule has 0 atom stereocenters. The van der Waals surface area contributed by atoms with Gasteiger partial charge in [0.05, 0.1) is 5.69 Å². The number of hydrogen-bond acceptors (Lipinski definition) is 5. The summed E-state index contributed by atoms with van der Waals surface area (Å²) in [5, 5.41) is 7.81. The van der Waals surface area contributed by atoms with Crippen molar-refractivity contribution in [2.24, 2.45) is 0 Å². The predicted octanol–water partition coefficient (Wildman–Crippen LogP) is 2.12. The van der Waals surface area contributed by atoms with Crippen LogP contribution in [0.3, 0.4) is 0 Å². The monoisotopic (exact) mass is 365 g/mol. The normalized spacial score (nSPS) is 11.5. The SMILES string of the molecule is O=c1ccc(-c2csc(S(=O)(=O)NCc3ccc(F)cc3)c2)n[nH]1. The third-order valence-electron chi connectivity index (χ3n) is 3.19. The molecule has 0 aliphatic heterocycles. The lowest BCUT2D eigenvalue weighted by molar-refractivity contribution is 0.583. The molecule has 1 aromatic carbocycles. The Morgan fingerprint density at radius 2 is 1.92 bits per heavy atom. The Hall–Kier alpha value is -2.36. The number of benzene rings is 1. The van der Waals surface area contributed by atoms with E-state index in [2.05, 4.69) is 14.9 Å². The zero-order valence-corrected chi connectivity index (χ0v) is 13.8. The summed E-state index contributed by atoms with van der Waals surface area (Å²) < 4.78 is 40.1. The molecule has 2 heterocycles. The number of aromatic amines is 1. The van der Waals surface area contributed by atoms with E-state index in [9.17, 15) is 17.6 Å². The lowest BCUT2D eigenvalue weighted by Crippen LogP contribution is -2.22. The van der Waals surface area contributed by atoms with Crippen LogP contribution in [0.1, 0.15) is 5.56 Å². The van der Waals surface area contributed by atoms with E-state index >= 15 is 0 Å². The fourth-order valence-electron chi connectivity index (χ4n) is 1.95. The minimum absolute atomic E-state index is 0.0623. The minimum Gasteiger partial charge on any atom is -0.268 e. The van der Waals surface area contributed by atoms with Crippen molar-refractivity contribution in [1.29, 1.82) is 0 Å². The Morgan fingerprint density at radius 3 is 2.58 bits per heavy atom. The van der Waals surface area contributed by atoms with Crippen LogP contribution >= 0.6 is 11.3 Å². The van der Waals surface area contributed by atoms with Crippen LogP contribution in [-0.4, -0.2) is 18.6 Å². The van der Waals surface area contributed by atoms with Gasteiger partial charge < -0.3 is 0 Å². The predicted molar refractivity (Wildman–Crippen MR) is 88.6 cm³/mol. The molecule has 0 aliphatic rings. The summed E-state index contributed by atoms with van der Waals surface area (Å²) in [4.78, 5) is 11.0. The van der Waals surface area contributed by atoms with Crippen LogP contribution in [0.5, 0.6) is 0 Å². The van der Waals surface area contributed by atoms with Gasteiger partial charge in [-0.3, -0.25) is 4.79 Å². The Labute approximate surface area is 141 Å². The van der Waals surface area contributed by atoms with E-state index < -0.39 is 10.0 Å². The lowest BCUT2D eigenvalue weighted by atomic mass is 10.2. The minimum atomic E-state index is -3.69. The van der Waals surface area contributed by atoms with Gasteiger partial charge in [0, 0.05) is 23.6 Å². The summed E-state index contributed by atoms with van der Waals surface area (Å²) in [5.41, 5.74) is 1.39. The van der Waals surface area contributed by atoms with Gasteiger partial charge in [0.1, 0.15) is 10.0 Å². The van der Waals surface area contributed by atoms with Crippen molar-refractivity contribution < 1.29 is 12.8 Å². The van der Waals surface area contributed by atoms with Gasteiger partial charge in [-0.05, 0) is 29.8 Å². The smallest absolute Gasteiger partial charge is 0.264 e. The van der Waals surface area contributed by atoms with E-state index in [1.807, 2.05) is 0 Å². The highest BCUT2D eigenvalue weighted by atomic mass is 32.2. The van der Waals surface area contributed by atoms with Crippen LogP contribution in [0.15, 0.2) is 56.8 Å². The number of halogens is 1. The van der Waals surface area contributed by atoms with Gasteiger partial charge in [0.25, 0.3) is 5.56 Å². The maximum atomic E-state index is 12.8. The molecular formula is C15H12FN3O3S2. The second-order valence-corrected chi connectivity index (χ2v) is 7.82. The molecule has 124 valence electrons. The highest BCUT2D eigenvalue weighted by Gasteiger charge is 2.17. The molecule has 24 heavy (non-hydrogen) atoms. The number of rotatable bonds is 5. The molecule has 3 aromatic rings. The topological polar surface area (TPSA) is 91.9 Å². The molecule has 0 spiro atoms. The molecule has 3 rings (SSSR count). The summed E-state index contributed by atoms with van der Waals surface area (Å²) in [5.74, 6) is -0.377. The molecule has 0 amide bonds. The Bertz CT molecular complexity index is 990. The molecule has 0 aliphatic carbocycles. The molecule has 9 heteroatoms. The van der Waals surface area contributed by atoms with Crippen molar-refractivity contribution in [3.05, 3.63) is 69.6 Å². The number of thiophene rings is 1. The van der Waals surface area contributed by atoms with Crippen LogP contribution in [0.25, 0.3) is 11.3 Å². The van der Waals surface area contributed by atoms with Gasteiger partial charge in [-0.15, -0.1) is 11.3 Å². The van der Waals surface area contributed by atoms with Gasteiger partial charge in [0.2, 0.25) is 10.0 Å². The summed E-state index contributed by atoms with van der Waals surface area (Å²) in [6.07, 6.45) is 0. The Kier molecular flexibility index (Phi) is 4.56. The molecule has 0 unspecified atom stereocenters. The molecule has 2 aromatic heterocycles. The molecule has 6 nitrogen and oxygen atoms in total. The van der Waals surface area contributed by atoms with Crippen LogP contribution in [0.2, 0.25) is 0 Å². The van der Waals surface area contributed by atoms with Crippen LogP contribution in [0.4, 0.5) is 4.39 Å². The maximum Gasteiger partial charge on any atom is 0.264 e. The summed E-state index contributed by atoms with van der Waals surface area (Å²) in [6, 6.07) is 9.90. The van der Waals surface area contributed by atoms with Crippen molar-refractivity contribution in [1.82, 2.24) is 14.9 Å². The number of hydrogen-bond donors (Lipinski definition) is 2. The molecule has 0 bridgehead atoms. The van der Waals surface area contributed by atoms with Gasteiger partial charge in [-0.1, -0.05) is 12.1 Å². The summed E-state index contributed by atoms with van der Waals surface area (Å²) >= 11 is 1.05. The zero-order chi connectivity index (χ0) is 17.2. The molecule has 0 radical (unpaired) electrons. The van der Waals surface area contributed by atoms with Crippen molar-refractivity contribution >= 4 is 21.4 Å². The first kappa shape index (κ1) is 16.5.